The second-order valence-electron chi connectivity index (χ2n) is 5.38. The van der Waals surface area contributed by atoms with Crippen LogP contribution in [0.3, 0.4) is 0 Å². The molecule has 2 aromatic rings. The number of carbonyl (C=O) groups excluding carboxylic acids is 2. The minimum absolute atomic E-state index is 0.0954. The number of ether oxygens (including phenoxy) is 1. The highest BCUT2D eigenvalue weighted by Gasteiger charge is 2.10. The lowest BCUT2D eigenvalue weighted by Crippen LogP contribution is -2.24. The lowest BCUT2D eigenvalue weighted by atomic mass is 10.2. The summed E-state index contributed by atoms with van der Waals surface area (Å²) in [5.74, 6) is -0.903. The molecule has 26 heavy (non-hydrogen) atoms. The highest BCUT2D eigenvalue weighted by Crippen LogP contribution is 2.27. The molecule has 0 fully saturated rings. The first kappa shape index (κ1) is 19.3. The molecular formula is C18H18ClN3O4. The SMILES string of the molecule is COc1cccc(/C=N/NC(=O)CC(=O)Nc2ccc(C)c(Cl)c2)c1O. The van der Waals surface area contributed by atoms with Crippen molar-refractivity contribution in [2.75, 3.05) is 12.4 Å². The zero-order valence-electron chi connectivity index (χ0n) is 14.2. The molecule has 7 nitrogen and oxygen atoms in total. The van der Waals surface area contributed by atoms with Crippen LogP contribution in [0.2, 0.25) is 5.02 Å². The predicted molar refractivity (Wildman–Crippen MR) is 99.8 cm³/mol. The summed E-state index contributed by atoms with van der Waals surface area (Å²) < 4.78 is 4.98. The average Bonchev–Trinajstić information content (AvgIpc) is 2.59. The van der Waals surface area contributed by atoms with E-state index in [0.29, 0.717) is 16.3 Å². The summed E-state index contributed by atoms with van der Waals surface area (Å²) in [5, 5.41) is 16.7. The van der Waals surface area contributed by atoms with Gasteiger partial charge in [0.25, 0.3) is 0 Å². The Labute approximate surface area is 155 Å². The molecule has 0 aliphatic rings. The van der Waals surface area contributed by atoms with Crippen molar-refractivity contribution in [3.8, 4) is 11.5 Å². The average molecular weight is 376 g/mol. The molecule has 0 radical (unpaired) electrons. The third-order valence-corrected chi connectivity index (χ3v) is 3.83. The van der Waals surface area contributed by atoms with Crippen molar-refractivity contribution < 1.29 is 19.4 Å². The van der Waals surface area contributed by atoms with Gasteiger partial charge in [-0.1, -0.05) is 23.7 Å². The molecule has 0 atom stereocenters. The Bertz CT molecular complexity index is 852. The van der Waals surface area contributed by atoms with Crippen LogP contribution in [-0.4, -0.2) is 30.2 Å². The predicted octanol–water partition coefficient (Wildman–Crippen LogP) is 2.84. The van der Waals surface area contributed by atoms with E-state index in [1.165, 1.54) is 13.3 Å². The van der Waals surface area contributed by atoms with E-state index in [0.717, 1.165) is 5.56 Å². The number of nitrogens with zero attached hydrogens (tertiary/aromatic N) is 1. The second-order valence-corrected chi connectivity index (χ2v) is 5.79. The standard InChI is InChI=1S/C18H18ClN3O4/c1-11-6-7-13(8-14(11)19)21-16(23)9-17(24)22-20-10-12-4-3-5-15(26-2)18(12)25/h3-8,10,25H,9H2,1-2H3,(H,21,23)(H,22,24)/b20-10+. The summed E-state index contributed by atoms with van der Waals surface area (Å²) in [5.41, 5.74) is 3.98. The van der Waals surface area contributed by atoms with Crippen molar-refractivity contribution in [1.29, 1.82) is 0 Å². The van der Waals surface area contributed by atoms with E-state index in [4.69, 9.17) is 16.3 Å². The number of hydrogen-bond donors (Lipinski definition) is 3. The Hall–Kier alpha value is -3.06. The maximum Gasteiger partial charge on any atom is 0.249 e. The van der Waals surface area contributed by atoms with Gasteiger partial charge in [-0.15, -0.1) is 0 Å². The van der Waals surface area contributed by atoms with Crippen LogP contribution in [0, 0.1) is 6.92 Å². The van der Waals surface area contributed by atoms with Crippen molar-refractivity contribution >= 4 is 35.3 Å². The van der Waals surface area contributed by atoms with Crippen molar-refractivity contribution in [3.05, 3.63) is 52.5 Å². The Balaban J connectivity index is 1.88. The largest absolute Gasteiger partial charge is 0.504 e. The maximum absolute atomic E-state index is 11.9. The number of hydrogen-bond acceptors (Lipinski definition) is 5. The van der Waals surface area contributed by atoms with Gasteiger partial charge in [-0.3, -0.25) is 9.59 Å². The summed E-state index contributed by atoms with van der Waals surface area (Å²) in [7, 11) is 1.43. The number of aromatic hydroxyl groups is 1. The molecule has 136 valence electrons. The van der Waals surface area contributed by atoms with Gasteiger partial charge in [-0.05, 0) is 36.8 Å². The lowest BCUT2D eigenvalue weighted by Gasteiger charge is -2.06. The summed E-state index contributed by atoms with van der Waals surface area (Å²) in [4.78, 5) is 23.6. The van der Waals surface area contributed by atoms with Crippen LogP contribution in [0.1, 0.15) is 17.5 Å². The number of phenolic OH excluding ortho intramolecular Hbond substituents is 1. The summed E-state index contributed by atoms with van der Waals surface area (Å²) in [6.45, 7) is 1.85. The molecule has 2 amide bonds. The second kappa shape index (κ2) is 8.87. The van der Waals surface area contributed by atoms with Crippen LogP contribution in [0.15, 0.2) is 41.5 Å². The molecule has 2 aromatic carbocycles. The highest BCUT2D eigenvalue weighted by atomic mass is 35.5. The first-order valence-electron chi connectivity index (χ1n) is 7.64. The summed E-state index contributed by atoms with van der Waals surface area (Å²) >= 11 is 5.99. The van der Waals surface area contributed by atoms with Crippen molar-refractivity contribution in [2.45, 2.75) is 13.3 Å². The molecule has 3 N–H and O–H groups in total. The van der Waals surface area contributed by atoms with Gasteiger partial charge >= 0.3 is 0 Å². The Morgan fingerprint density at radius 2 is 2.04 bits per heavy atom. The molecule has 0 bridgehead atoms. The van der Waals surface area contributed by atoms with E-state index in [2.05, 4.69) is 15.8 Å². The topological polar surface area (TPSA) is 100 Å². The van der Waals surface area contributed by atoms with Gasteiger partial charge in [0.2, 0.25) is 11.8 Å². The maximum atomic E-state index is 11.9. The molecule has 0 aliphatic carbocycles. The van der Waals surface area contributed by atoms with Gasteiger partial charge in [-0.2, -0.15) is 5.10 Å². The quantitative estimate of drug-likeness (QED) is 0.410. The number of anilines is 1. The van der Waals surface area contributed by atoms with Crippen molar-refractivity contribution in [3.63, 3.8) is 0 Å². The van der Waals surface area contributed by atoms with Crippen LogP contribution in [0.4, 0.5) is 5.69 Å². The fourth-order valence-corrected chi connectivity index (χ4v) is 2.22. The molecule has 0 unspecified atom stereocenters. The van der Waals surface area contributed by atoms with Gasteiger partial charge in [-0.25, -0.2) is 5.43 Å². The Morgan fingerprint density at radius 3 is 2.73 bits per heavy atom. The van der Waals surface area contributed by atoms with E-state index in [1.54, 1.807) is 36.4 Å². The number of para-hydroxylation sites is 1. The Kier molecular flexibility index (Phi) is 6.57. The molecule has 0 saturated carbocycles. The van der Waals surface area contributed by atoms with E-state index in [9.17, 15) is 14.7 Å². The molecule has 2 rings (SSSR count). The fourth-order valence-electron chi connectivity index (χ4n) is 2.04. The van der Waals surface area contributed by atoms with E-state index < -0.39 is 18.2 Å². The van der Waals surface area contributed by atoms with E-state index >= 15 is 0 Å². The lowest BCUT2D eigenvalue weighted by molar-refractivity contribution is -0.126. The first-order valence-corrected chi connectivity index (χ1v) is 8.02. The summed E-state index contributed by atoms with van der Waals surface area (Å²) in [6.07, 6.45) is 0.848. The summed E-state index contributed by atoms with van der Waals surface area (Å²) in [6, 6.07) is 9.93. The van der Waals surface area contributed by atoms with Crippen LogP contribution < -0.4 is 15.5 Å². The number of carbonyl (C=O) groups is 2. The zero-order valence-corrected chi connectivity index (χ0v) is 15.0. The monoisotopic (exact) mass is 375 g/mol. The number of methoxy groups -OCH3 is 1. The molecule has 0 aromatic heterocycles. The number of benzene rings is 2. The van der Waals surface area contributed by atoms with Crippen molar-refractivity contribution in [1.82, 2.24) is 5.43 Å². The molecule has 0 saturated heterocycles. The van der Waals surface area contributed by atoms with Gasteiger partial charge in [0.15, 0.2) is 11.5 Å². The Morgan fingerprint density at radius 1 is 1.27 bits per heavy atom. The minimum atomic E-state index is -0.598. The molecule has 0 aliphatic heterocycles. The van der Waals surface area contributed by atoms with E-state index in [1.807, 2.05) is 6.92 Å². The van der Waals surface area contributed by atoms with Gasteiger partial charge < -0.3 is 15.2 Å². The molecule has 0 heterocycles. The van der Waals surface area contributed by atoms with Crippen molar-refractivity contribution in [2.24, 2.45) is 5.10 Å². The van der Waals surface area contributed by atoms with Crippen LogP contribution in [0.25, 0.3) is 0 Å². The van der Waals surface area contributed by atoms with E-state index in [-0.39, 0.29) is 11.5 Å². The van der Waals surface area contributed by atoms with Gasteiger partial charge in [0.1, 0.15) is 6.42 Å². The molecule has 0 spiro atoms. The fraction of sp³-hybridized carbons (Fsp3) is 0.167. The number of amides is 2. The number of aryl methyl sites for hydroxylation is 1. The first-order chi connectivity index (χ1) is 12.4. The van der Waals surface area contributed by atoms with Gasteiger partial charge in [0.05, 0.1) is 13.3 Å². The zero-order chi connectivity index (χ0) is 19.1. The minimum Gasteiger partial charge on any atom is -0.504 e. The number of hydrazone groups is 1. The third-order valence-electron chi connectivity index (χ3n) is 3.42. The van der Waals surface area contributed by atoms with Crippen LogP contribution in [-0.2, 0) is 9.59 Å². The molecule has 8 heteroatoms. The van der Waals surface area contributed by atoms with Crippen LogP contribution >= 0.6 is 11.6 Å². The highest BCUT2D eigenvalue weighted by molar-refractivity contribution is 6.31. The molecular weight excluding hydrogens is 358 g/mol. The third kappa shape index (κ3) is 5.22. The number of phenols is 1. The normalized spacial score (nSPS) is 10.6. The number of nitrogens with one attached hydrogen (secondary N) is 2. The smallest absolute Gasteiger partial charge is 0.249 e. The number of halogens is 1. The van der Waals surface area contributed by atoms with Crippen LogP contribution in [0.5, 0.6) is 11.5 Å². The number of rotatable bonds is 6. The van der Waals surface area contributed by atoms with Gasteiger partial charge in [0, 0.05) is 16.3 Å².